The summed E-state index contributed by atoms with van der Waals surface area (Å²) in [6.45, 7) is 2.18. The summed E-state index contributed by atoms with van der Waals surface area (Å²) in [5.74, 6) is -0.458. The van der Waals surface area contributed by atoms with Gasteiger partial charge in [-0.2, -0.15) is 0 Å². The highest BCUT2D eigenvalue weighted by Crippen LogP contribution is 2.24. The molecule has 0 aliphatic heterocycles. The van der Waals surface area contributed by atoms with Crippen LogP contribution in [0, 0.1) is 6.92 Å². The van der Waals surface area contributed by atoms with Gasteiger partial charge in [0.05, 0.1) is 25.8 Å². The van der Waals surface area contributed by atoms with Crippen molar-refractivity contribution in [1.29, 1.82) is 0 Å². The molecule has 0 radical (unpaired) electrons. The smallest absolute Gasteiger partial charge is 0.252 e. The zero-order chi connectivity index (χ0) is 17.8. The van der Waals surface area contributed by atoms with E-state index in [0.29, 0.717) is 10.6 Å². The number of fused-ring (bicyclic) bond motifs is 1. The zero-order valence-corrected chi connectivity index (χ0v) is 15.1. The Morgan fingerprint density at radius 1 is 1.20 bits per heavy atom. The van der Waals surface area contributed by atoms with Crippen molar-refractivity contribution in [2.75, 3.05) is 11.9 Å². The molecule has 0 aliphatic carbocycles. The number of aromatic nitrogens is 1. The molecule has 25 heavy (non-hydrogen) atoms. The van der Waals surface area contributed by atoms with Crippen molar-refractivity contribution in [3.63, 3.8) is 0 Å². The molecule has 0 bridgehead atoms. The zero-order valence-electron chi connectivity index (χ0n) is 13.5. The monoisotopic (exact) mass is 373 g/mol. The summed E-state index contributed by atoms with van der Waals surface area (Å²) >= 11 is 7.56. The van der Waals surface area contributed by atoms with E-state index in [1.807, 2.05) is 25.1 Å². The van der Waals surface area contributed by atoms with E-state index in [4.69, 9.17) is 11.6 Å². The summed E-state index contributed by atoms with van der Waals surface area (Å²) in [5.41, 5.74) is 2.04. The first kappa shape index (κ1) is 17.4. The second-order valence-corrected chi connectivity index (χ2v) is 7.09. The Labute approximate surface area is 154 Å². The fraction of sp³-hybridized carbons (Fsp3) is 0.167. The van der Waals surface area contributed by atoms with Crippen molar-refractivity contribution < 1.29 is 9.59 Å². The van der Waals surface area contributed by atoms with Gasteiger partial charge in [0.15, 0.2) is 0 Å². The average Bonchev–Trinajstić information content (AvgIpc) is 2.94. The lowest BCUT2D eigenvalue weighted by atomic mass is 10.2. The number of thiazole rings is 1. The number of rotatable bonds is 5. The van der Waals surface area contributed by atoms with Crippen LogP contribution in [-0.2, 0) is 4.79 Å². The molecule has 7 heteroatoms. The number of hydrogen-bond donors (Lipinski definition) is 2. The van der Waals surface area contributed by atoms with Crippen molar-refractivity contribution in [2.45, 2.75) is 13.3 Å². The molecule has 0 aliphatic rings. The van der Waals surface area contributed by atoms with Crippen molar-refractivity contribution >= 4 is 50.7 Å². The number of hydrogen-bond acceptors (Lipinski definition) is 4. The standard InChI is InChI=1S/C18H16ClN3O2S/c1-11-21-15-7-6-12(10-16(15)25-11)22-17(23)8-9-20-18(24)13-4-2-3-5-14(13)19/h2-7,10H,8-9H2,1H3,(H,20,24)(H,22,23). The maximum Gasteiger partial charge on any atom is 0.252 e. The molecule has 0 spiro atoms. The van der Waals surface area contributed by atoms with E-state index >= 15 is 0 Å². The molecule has 3 rings (SSSR count). The molecule has 5 nitrogen and oxygen atoms in total. The summed E-state index contributed by atoms with van der Waals surface area (Å²) in [5, 5.41) is 6.90. The van der Waals surface area contributed by atoms with Gasteiger partial charge in [-0.1, -0.05) is 23.7 Å². The number of carbonyl (C=O) groups excluding carboxylic acids is 2. The van der Waals surface area contributed by atoms with Gasteiger partial charge in [0.1, 0.15) is 0 Å². The molecule has 3 aromatic rings. The van der Waals surface area contributed by atoms with Crippen LogP contribution in [0.2, 0.25) is 5.02 Å². The first-order valence-corrected chi connectivity index (χ1v) is 8.92. The number of nitrogens with one attached hydrogen (secondary N) is 2. The molecule has 0 saturated carbocycles. The molecule has 0 unspecified atom stereocenters. The Hall–Kier alpha value is -2.44. The summed E-state index contributed by atoms with van der Waals surface area (Å²) < 4.78 is 1.03. The third-order valence-corrected chi connectivity index (χ3v) is 4.80. The maximum atomic E-state index is 12.0. The minimum absolute atomic E-state index is 0.167. The van der Waals surface area contributed by atoms with Crippen molar-refractivity contribution in [3.05, 3.63) is 58.1 Å². The van der Waals surface area contributed by atoms with E-state index in [-0.39, 0.29) is 24.8 Å². The normalized spacial score (nSPS) is 10.6. The van der Waals surface area contributed by atoms with Gasteiger partial charge in [-0.05, 0) is 37.3 Å². The molecule has 0 fully saturated rings. The molecule has 0 atom stereocenters. The van der Waals surface area contributed by atoms with E-state index in [1.54, 1.807) is 35.6 Å². The van der Waals surface area contributed by atoms with Crippen molar-refractivity contribution in [3.8, 4) is 0 Å². The van der Waals surface area contributed by atoms with Crippen LogP contribution in [0.25, 0.3) is 10.2 Å². The molecular formula is C18H16ClN3O2S. The van der Waals surface area contributed by atoms with Gasteiger partial charge in [-0.25, -0.2) is 4.98 Å². The van der Waals surface area contributed by atoms with E-state index in [1.165, 1.54) is 0 Å². The minimum atomic E-state index is -0.292. The summed E-state index contributed by atoms with van der Waals surface area (Å²) in [6.07, 6.45) is 0.177. The molecule has 1 aromatic heterocycles. The van der Waals surface area contributed by atoms with Crippen LogP contribution in [0.4, 0.5) is 5.69 Å². The average molecular weight is 374 g/mol. The van der Waals surface area contributed by atoms with E-state index in [2.05, 4.69) is 15.6 Å². The molecule has 2 N–H and O–H groups in total. The van der Waals surface area contributed by atoms with Crippen LogP contribution in [0.1, 0.15) is 21.8 Å². The fourth-order valence-corrected chi connectivity index (χ4v) is 3.46. The Balaban J connectivity index is 1.52. The van der Waals surface area contributed by atoms with Crippen LogP contribution in [0.5, 0.6) is 0 Å². The number of nitrogens with zero attached hydrogens (tertiary/aromatic N) is 1. The predicted octanol–water partition coefficient (Wildman–Crippen LogP) is 4.02. The van der Waals surface area contributed by atoms with Gasteiger partial charge in [0.2, 0.25) is 5.91 Å². The lowest BCUT2D eigenvalue weighted by molar-refractivity contribution is -0.116. The number of halogens is 1. The summed E-state index contributed by atoms with van der Waals surface area (Å²) in [7, 11) is 0. The molecular weight excluding hydrogens is 358 g/mol. The van der Waals surface area contributed by atoms with Gasteiger partial charge in [0, 0.05) is 18.7 Å². The van der Waals surface area contributed by atoms with Gasteiger partial charge in [-0.15, -0.1) is 11.3 Å². The fourth-order valence-electron chi connectivity index (χ4n) is 2.37. The number of amides is 2. The molecule has 128 valence electrons. The van der Waals surface area contributed by atoms with Gasteiger partial charge < -0.3 is 10.6 Å². The summed E-state index contributed by atoms with van der Waals surface area (Å²) in [4.78, 5) is 28.4. The number of aryl methyl sites for hydroxylation is 1. The first-order valence-electron chi connectivity index (χ1n) is 7.73. The maximum absolute atomic E-state index is 12.0. The Morgan fingerprint density at radius 3 is 2.80 bits per heavy atom. The van der Waals surface area contributed by atoms with Crippen LogP contribution in [0.3, 0.4) is 0 Å². The molecule has 2 aromatic carbocycles. The second kappa shape index (κ2) is 7.63. The largest absolute Gasteiger partial charge is 0.351 e. The number of benzene rings is 2. The lowest BCUT2D eigenvalue weighted by Gasteiger charge is -2.07. The lowest BCUT2D eigenvalue weighted by Crippen LogP contribution is -2.27. The van der Waals surface area contributed by atoms with Crippen LogP contribution in [-0.4, -0.2) is 23.3 Å². The first-order chi connectivity index (χ1) is 12.0. The third kappa shape index (κ3) is 4.35. The highest BCUT2D eigenvalue weighted by molar-refractivity contribution is 7.18. The van der Waals surface area contributed by atoms with Gasteiger partial charge >= 0.3 is 0 Å². The van der Waals surface area contributed by atoms with E-state index in [0.717, 1.165) is 20.9 Å². The second-order valence-electron chi connectivity index (χ2n) is 5.45. The predicted molar refractivity (Wildman–Crippen MR) is 101 cm³/mol. The van der Waals surface area contributed by atoms with Gasteiger partial charge in [-0.3, -0.25) is 9.59 Å². The molecule has 2 amide bonds. The third-order valence-electron chi connectivity index (χ3n) is 3.54. The molecule has 0 saturated heterocycles. The Kier molecular flexibility index (Phi) is 5.31. The highest BCUT2D eigenvalue weighted by Gasteiger charge is 2.10. The van der Waals surface area contributed by atoms with Crippen LogP contribution >= 0.6 is 22.9 Å². The van der Waals surface area contributed by atoms with Crippen molar-refractivity contribution in [2.24, 2.45) is 0 Å². The van der Waals surface area contributed by atoms with E-state index in [9.17, 15) is 9.59 Å². The van der Waals surface area contributed by atoms with E-state index < -0.39 is 0 Å². The highest BCUT2D eigenvalue weighted by atomic mass is 35.5. The van der Waals surface area contributed by atoms with Crippen LogP contribution < -0.4 is 10.6 Å². The minimum Gasteiger partial charge on any atom is -0.351 e. The quantitative estimate of drug-likeness (QED) is 0.709. The number of anilines is 1. The Bertz CT molecular complexity index is 939. The summed E-state index contributed by atoms with van der Waals surface area (Å²) in [6, 6.07) is 12.4. The SMILES string of the molecule is Cc1nc2ccc(NC(=O)CCNC(=O)c3ccccc3Cl)cc2s1. The Morgan fingerprint density at radius 2 is 2.00 bits per heavy atom. The van der Waals surface area contributed by atoms with Crippen molar-refractivity contribution in [1.82, 2.24) is 10.3 Å². The topological polar surface area (TPSA) is 71.1 Å². The molecule has 1 heterocycles. The van der Waals surface area contributed by atoms with Crippen LogP contribution in [0.15, 0.2) is 42.5 Å². The number of carbonyl (C=O) groups is 2. The van der Waals surface area contributed by atoms with Gasteiger partial charge in [0.25, 0.3) is 5.91 Å².